The zero-order chi connectivity index (χ0) is 12.1. The van der Waals surface area contributed by atoms with Crippen molar-refractivity contribution < 1.29 is 4.79 Å². The molecular formula is C12H24N2O. The van der Waals surface area contributed by atoms with E-state index in [1.807, 2.05) is 27.2 Å². The Morgan fingerprint density at radius 1 is 1.13 bits per heavy atom. The molecule has 0 saturated heterocycles. The number of likely N-dealkylation sites (N-methyl/N-ethyl adjacent to an activating group) is 2. The Labute approximate surface area is 93.7 Å². The molecule has 0 saturated carbocycles. The number of rotatable bonds is 4. The van der Waals surface area contributed by atoms with Crippen molar-refractivity contribution in [1.82, 2.24) is 9.80 Å². The highest BCUT2D eigenvalue weighted by Crippen LogP contribution is 2.14. The lowest BCUT2D eigenvalue weighted by Gasteiger charge is -2.19. The Morgan fingerprint density at radius 2 is 1.67 bits per heavy atom. The number of hydrogen-bond acceptors (Lipinski definition) is 2. The van der Waals surface area contributed by atoms with Crippen molar-refractivity contribution in [3.05, 3.63) is 12.2 Å². The maximum absolute atomic E-state index is 11.6. The lowest BCUT2D eigenvalue weighted by Crippen LogP contribution is -2.32. The van der Waals surface area contributed by atoms with Crippen LogP contribution in [0.4, 0.5) is 0 Å². The molecular weight excluding hydrogens is 188 g/mol. The predicted octanol–water partition coefficient (Wildman–Crippen LogP) is 1.61. The Kier molecular flexibility index (Phi) is 5.58. The molecule has 0 radical (unpaired) electrons. The first-order valence-electron chi connectivity index (χ1n) is 5.31. The van der Waals surface area contributed by atoms with Gasteiger partial charge in [0.05, 0.1) is 0 Å². The van der Waals surface area contributed by atoms with E-state index >= 15 is 0 Å². The van der Waals surface area contributed by atoms with E-state index in [1.54, 1.807) is 11.0 Å². The van der Waals surface area contributed by atoms with Crippen LogP contribution in [0.5, 0.6) is 0 Å². The molecule has 0 aliphatic heterocycles. The molecule has 0 rings (SSSR count). The van der Waals surface area contributed by atoms with Crippen LogP contribution < -0.4 is 0 Å². The summed E-state index contributed by atoms with van der Waals surface area (Å²) in [6.07, 6.45) is 3.61. The van der Waals surface area contributed by atoms with Gasteiger partial charge in [0.1, 0.15) is 0 Å². The van der Waals surface area contributed by atoms with Gasteiger partial charge in [0.25, 0.3) is 0 Å². The maximum atomic E-state index is 11.6. The minimum atomic E-state index is 0.0675. The molecule has 0 bridgehead atoms. The van der Waals surface area contributed by atoms with Crippen LogP contribution in [0, 0.1) is 5.41 Å². The van der Waals surface area contributed by atoms with Crippen LogP contribution in [0.2, 0.25) is 0 Å². The number of allylic oxidation sites excluding steroid dienone is 1. The fourth-order valence-corrected chi connectivity index (χ4v) is 0.909. The van der Waals surface area contributed by atoms with Crippen molar-refractivity contribution in [2.45, 2.75) is 20.8 Å². The molecule has 0 fully saturated rings. The maximum Gasteiger partial charge on any atom is 0.246 e. The van der Waals surface area contributed by atoms with Crippen LogP contribution >= 0.6 is 0 Å². The number of carbonyl (C=O) groups is 1. The van der Waals surface area contributed by atoms with E-state index in [0.29, 0.717) is 0 Å². The van der Waals surface area contributed by atoms with E-state index in [1.165, 1.54) is 0 Å². The second-order valence-corrected chi connectivity index (χ2v) is 5.26. The van der Waals surface area contributed by atoms with E-state index in [2.05, 4.69) is 25.7 Å². The van der Waals surface area contributed by atoms with Crippen molar-refractivity contribution in [2.24, 2.45) is 5.41 Å². The Bertz CT molecular complexity index is 226. The SMILES string of the molecule is CN(C)CCN(C)C(=O)/C=C/C(C)(C)C. The monoisotopic (exact) mass is 212 g/mol. The van der Waals surface area contributed by atoms with Crippen molar-refractivity contribution >= 4 is 5.91 Å². The summed E-state index contributed by atoms with van der Waals surface area (Å²) in [6.45, 7) is 7.90. The number of carbonyl (C=O) groups excluding carboxylic acids is 1. The van der Waals surface area contributed by atoms with Crippen LogP contribution in [0.1, 0.15) is 20.8 Å². The molecule has 0 atom stereocenters. The summed E-state index contributed by atoms with van der Waals surface area (Å²) >= 11 is 0. The van der Waals surface area contributed by atoms with Crippen molar-refractivity contribution in [1.29, 1.82) is 0 Å². The molecule has 0 heterocycles. The summed E-state index contributed by atoms with van der Waals surface area (Å²) in [4.78, 5) is 15.4. The van der Waals surface area contributed by atoms with Gasteiger partial charge in [-0.2, -0.15) is 0 Å². The van der Waals surface area contributed by atoms with E-state index in [9.17, 15) is 4.79 Å². The lowest BCUT2D eigenvalue weighted by molar-refractivity contribution is -0.124. The van der Waals surface area contributed by atoms with Gasteiger partial charge in [-0.05, 0) is 25.6 Å². The summed E-state index contributed by atoms with van der Waals surface area (Å²) in [6, 6.07) is 0. The van der Waals surface area contributed by atoms with Gasteiger partial charge in [0.2, 0.25) is 5.91 Å². The molecule has 1 amide bonds. The van der Waals surface area contributed by atoms with Gasteiger partial charge in [-0.3, -0.25) is 4.79 Å². The lowest BCUT2D eigenvalue weighted by atomic mass is 9.96. The topological polar surface area (TPSA) is 23.6 Å². The predicted molar refractivity (Wildman–Crippen MR) is 64.8 cm³/mol. The average molecular weight is 212 g/mol. The van der Waals surface area contributed by atoms with Gasteiger partial charge in [-0.1, -0.05) is 26.8 Å². The van der Waals surface area contributed by atoms with E-state index in [-0.39, 0.29) is 11.3 Å². The number of nitrogens with zero attached hydrogens (tertiary/aromatic N) is 2. The Hall–Kier alpha value is -0.830. The molecule has 0 aliphatic rings. The molecule has 0 spiro atoms. The minimum Gasteiger partial charge on any atom is -0.341 e. The van der Waals surface area contributed by atoms with Gasteiger partial charge >= 0.3 is 0 Å². The second kappa shape index (κ2) is 5.91. The molecule has 0 unspecified atom stereocenters. The Balaban J connectivity index is 4.05. The number of hydrogen-bond donors (Lipinski definition) is 0. The number of amides is 1. The third-order valence-electron chi connectivity index (χ3n) is 1.98. The summed E-state index contributed by atoms with van der Waals surface area (Å²) in [5.41, 5.74) is 0.0675. The molecule has 0 N–H and O–H groups in total. The molecule has 3 heteroatoms. The fourth-order valence-electron chi connectivity index (χ4n) is 0.909. The van der Waals surface area contributed by atoms with E-state index < -0.39 is 0 Å². The standard InChI is InChI=1S/C12H24N2O/c1-12(2,3)8-7-11(15)14(6)10-9-13(4)5/h7-8H,9-10H2,1-6H3/b8-7+. The molecule has 3 nitrogen and oxygen atoms in total. The van der Waals surface area contributed by atoms with E-state index in [0.717, 1.165) is 13.1 Å². The highest BCUT2D eigenvalue weighted by atomic mass is 16.2. The van der Waals surface area contributed by atoms with Crippen LogP contribution in [-0.2, 0) is 4.79 Å². The molecule has 15 heavy (non-hydrogen) atoms. The smallest absolute Gasteiger partial charge is 0.246 e. The largest absolute Gasteiger partial charge is 0.341 e. The van der Waals surface area contributed by atoms with Gasteiger partial charge in [-0.25, -0.2) is 0 Å². The van der Waals surface area contributed by atoms with Gasteiger partial charge < -0.3 is 9.80 Å². The molecule has 0 aromatic carbocycles. The average Bonchev–Trinajstić information content (AvgIpc) is 2.08. The molecule has 88 valence electrons. The van der Waals surface area contributed by atoms with Crippen LogP contribution in [-0.4, -0.2) is 49.9 Å². The van der Waals surface area contributed by atoms with Crippen LogP contribution in [0.3, 0.4) is 0 Å². The van der Waals surface area contributed by atoms with Crippen molar-refractivity contribution in [2.75, 3.05) is 34.2 Å². The van der Waals surface area contributed by atoms with Crippen LogP contribution in [0.25, 0.3) is 0 Å². The van der Waals surface area contributed by atoms with Crippen LogP contribution in [0.15, 0.2) is 12.2 Å². The highest BCUT2D eigenvalue weighted by Gasteiger charge is 2.08. The summed E-state index contributed by atoms with van der Waals surface area (Å²) in [5.74, 6) is 0.0757. The van der Waals surface area contributed by atoms with Gasteiger partial charge in [0, 0.05) is 20.1 Å². The van der Waals surface area contributed by atoms with Crippen molar-refractivity contribution in [3.63, 3.8) is 0 Å². The van der Waals surface area contributed by atoms with Crippen molar-refractivity contribution in [3.8, 4) is 0 Å². The van der Waals surface area contributed by atoms with Gasteiger partial charge in [0.15, 0.2) is 0 Å². The summed E-state index contributed by atoms with van der Waals surface area (Å²) < 4.78 is 0. The zero-order valence-electron chi connectivity index (χ0n) is 10.9. The quantitative estimate of drug-likeness (QED) is 0.661. The van der Waals surface area contributed by atoms with Gasteiger partial charge in [-0.15, -0.1) is 0 Å². The normalized spacial score (nSPS) is 12.5. The first-order chi connectivity index (χ1) is 6.72. The van der Waals surface area contributed by atoms with E-state index in [4.69, 9.17) is 0 Å². The highest BCUT2D eigenvalue weighted by molar-refractivity contribution is 5.87. The first kappa shape index (κ1) is 14.2. The molecule has 0 aromatic heterocycles. The summed E-state index contributed by atoms with van der Waals surface area (Å²) in [7, 11) is 5.84. The summed E-state index contributed by atoms with van der Waals surface area (Å²) in [5, 5.41) is 0. The zero-order valence-corrected chi connectivity index (χ0v) is 10.9. The first-order valence-corrected chi connectivity index (χ1v) is 5.31. The second-order valence-electron chi connectivity index (χ2n) is 5.26. The third kappa shape index (κ3) is 8.18. The molecule has 0 aliphatic carbocycles. The third-order valence-corrected chi connectivity index (χ3v) is 1.98. The fraction of sp³-hybridized carbons (Fsp3) is 0.750. The Morgan fingerprint density at radius 3 is 2.07 bits per heavy atom. The minimum absolute atomic E-state index is 0.0675. The molecule has 0 aromatic rings.